The first-order chi connectivity index (χ1) is 9.11. The predicted molar refractivity (Wildman–Crippen MR) is 81.2 cm³/mol. The highest BCUT2D eigenvalue weighted by atomic mass is 16.3. The third kappa shape index (κ3) is 3.95. The summed E-state index contributed by atoms with van der Waals surface area (Å²) in [5.41, 5.74) is 0. The van der Waals surface area contributed by atoms with E-state index < -0.39 is 0 Å². The second kappa shape index (κ2) is 7.08. The third-order valence-electron chi connectivity index (χ3n) is 5.40. The maximum Gasteiger partial charge on any atom is 0.0580 e. The van der Waals surface area contributed by atoms with Crippen LogP contribution in [0.3, 0.4) is 0 Å². The number of hydrogen-bond acceptors (Lipinski definition) is 2. The SMILES string of the molecule is CCCC1CCC(O)C(CN2CCCC2C(C)C)C1. The third-order valence-corrected chi connectivity index (χ3v) is 5.40. The van der Waals surface area contributed by atoms with Gasteiger partial charge in [-0.3, -0.25) is 4.90 Å². The van der Waals surface area contributed by atoms with E-state index in [4.69, 9.17) is 0 Å². The summed E-state index contributed by atoms with van der Waals surface area (Å²) in [5, 5.41) is 10.3. The van der Waals surface area contributed by atoms with Crippen molar-refractivity contribution in [1.29, 1.82) is 0 Å². The van der Waals surface area contributed by atoms with Crippen molar-refractivity contribution in [3.05, 3.63) is 0 Å². The highest BCUT2D eigenvalue weighted by Gasteiger charge is 2.34. The molecule has 2 heteroatoms. The zero-order chi connectivity index (χ0) is 13.8. The molecule has 19 heavy (non-hydrogen) atoms. The van der Waals surface area contributed by atoms with Gasteiger partial charge in [0, 0.05) is 12.6 Å². The molecule has 112 valence electrons. The standard InChI is InChI=1S/C17H33NO/c1-4-6-14-8-9-17(19)15(11-14)12-18-10-5-7-16(18)13(2)3/h13-17,19H,4-12H2,1-3H3. The van der Waals surface area contributed by atoms with E-state index in [1.807, 2.05) is 0 Å². The summed E-state index contributed by atoms with van der Waals surface area (Å²) in [6, 6.07) is 0.763. The van der Waals surface area contributed by atoms with Gasteiger partial charge >= 0.3 is 0 Å². The second-order valence-electron chi connectivity index (χ2n) is 7.24. The molecule has 0 aromatic carbocycles. The van der Waals surface area contributed by atoms with Gasteiger partial charge in [0.1, 0.15) is 0 Å². The largest absolute Gasteiger partial charge is 0.393 e. The van der Waals surface area contributed by atoms with Crippen LogP contribution in [0.2, 0.25) is 0 Å². The molecule has 4 unspecified atom stereocenters. The van der Waals surface area contributed by atoms with E-state index in [0.717, 1.165) is 30.8 Å². The van der Waals surface area contributed by atoms with Gasteiger partial charge in [-0.15, -0.1) is 0 Å². The Bertz CT molecular complexity index is 266. The van der Waals surface area contributed by atoms with E-state index in [2.05, 4.69) is 25.7 Å². The minimum atomic E-state index is -0.0403. The Balaban J connectivity index is 1.89. The van der Waals surface area contributed by atoms with Crippen molar-refractivity contribution < 1.29 is 5.11 Å². The van der Waals surface area contributed by atoms with Crippen molar-refractivity contribution in [2.24, 2.45) is 17.8 Å². The molecule has 2 rings (SSSR count). The summed E-state index contributed by atoms with van der Waals surface area (Å²) < 4.78 is 0. The van der Waals surface area contributed by atoms with Crippen molar-refractivity contribution in [3.63, 3.8) is 0 Å². The van der Waals surface area contributed by atoms with Crippen molar-refractivity contribution in [1.82, 2.24) is 4.90 Å². The fourth-order valence-corrected chi connectivity index (χ4v) is 4.35. The first-order valence-electron chi connectivity index (χ1n) is 8.54. The molecule has 0 spiro atoms. The molecule has 2 fully saturated rings. The number of hydrogen-bond donors (Lipinski definition) is 1. The monoisotopic (exact) mass is 267 g/mol. The smallest absolute Gasteiger partial charge is 0.0580 e. The topological polar surface area (TPSA) is 23.5 Å². The molecule has 0 aromatic heterocycles. The molecule has 0 radical (unpaired) electrons. The van der Waals surface area contributed by atoms with Crippen LogP contribution in [0.5, 0.6) is 0 Å². The predicted octanol–water partition coefficient (Wildman–Crippen LogP) is 3.68. The van der Waals surface area contributed by atoms with E-state index in [1.54, 1.807) is 0 Å². The lowest BCUT2D eigenvalue weighted by Crippen LogP contribution is -2.42. The number of rotatable bonds is 5. The molecule has 0 bridgehead atoms. The van der Waals surface area contributed by atoms with Crippen molar-refractivity contribution in [2.75, 3.05) is 13.1 Å². The number of aliphatic hydroxyl groups excluding tert-OH is 1. The molecular formula is C17H33NO. The van der Waals surface area contributed by atoms with Gasteiger partial charge in [0.2, 0.25) is 0 Å². The molecule has 1 saturated heterocycles. The summed E-state index contributed by atoms with van der Waals surface area (Å²) in [4.78, 5) is 2.67. The minimum Gasteiger partial charge on any atom is -0.393 e. The average molecular weight is 267 g/mol. The highest BCUT2D eigenvalue weighted by Crippen LogP contribution is 2.34. The van der Waals surface area contributed by atoms with Gasteiger partial charge < -0.3 is 5.11 Å². The normalized spacial score (nSPS) is 37.1. The maximum atomic E-state index is 10.3. The molecule has 1 aliphatic heterocycles. The Hall–Kier alpha value is -0.0800. The van der Waals surface area contributed by atoms with Gasteiger partial charge in [0.05, 0.1) is 6.10 Å². The Morgan fingerprint density at radius 2 is 2.00 bits per heavy atom. The quantitative estimate of drug-likeness (QED) is 0.821. The van der Waals surface area contributed by atoms with Crippen LogP contribution in [0.4, 0.5) is 0 Å². The number of nitrogens with zero attached hydrogens (tertiary/aromatic N) is 1. The lowest BCUT2D eigenvalue weighted by Gasteiger charge is -2.38. The summed E-state index contributed by atoms with van der Waals surface area (Å²) in [6.07, 6.45) is 8.87. The summed E-state index contributed by atoms with van der Waals surface area (Å²) >= 11 is 0. The fraction of sp³-hybridized carbons (Fsp3) is 1.00. The van der Waals surface area contributed by atoms with Crippen LogP contribution in [0.25, 0.3) is 0 Å². The van der Waals surface area contributed by atoms with E-state index in [0.29, 0.717) is 5.92 Å². The van der Waals surface area contributed by atoms with Crippen molar-refractivity contribution >= 4 is 0 Å². The molecule has 0 aromatic rings. The van der Waals surface area contributed by atoms with Gasteiger partial charge in [-0.2, -0.15) is 0 Å². The Labute approximate surface area is 119 Å². The highest BCUT2D eigenvalue weighted by molar-refractivity contribution is 4.87. The zero-order valence-electron chi connectivity index (χ0n) is 13.1. The molecule has 1 saturated carbocycles. The summed E-state index contributed by atoms with van der Waals surface area (Å²) in [6.45, 7) is 9.38. The van der Waals surface area contributed by atoms with Gasteiger partial charge in [-0.1, -0.05) is 33.6 Å². The van der Waals surface area contributed by atoms with Crippen LogP contribution in [0.1, 0.15) is 65.7 Å². The molecular weight excluding hydrogens is 234 g/mol. The maximum absolute atomic E-state index is 10.3. The fourth-order valence-electron chi connectivity index (χ4n) is 4.35. The lowest BCUT2D eigenvalue weighted by atomic mass is 9.77. The molecule has 1 aliphatic carbocycles. The van der Waals surface area contributed by atoms with Gasteiger partial charge in [0.15, 0.2) is 0 Å². The van der Waals surface area contributed by atoms with E-state index >= 15 is 0 Å². The molecule has 4 atom stereocenters. The van der Waals surface area contributed by atoms with Gasteiger partial charge in [0.25, 0.3) is 0 Å². The van der Waals surface area contributed by atoms with Crippen molar-refractivity contribution in [3.8, 4) is 0 Å². The van der Waals surface area contributed by atoms with Crippen LogP contribution >= 0.6 is 0 Å². The number of likely N-dealkylation sites (tertiary alicyclic amines) is 1. The second-order valence-corrected chi connectivity index (χ2v) is 7.24. The number of aliphatic hydroxyl groups is 1. The Morgan fingerprint density at radius 1 is 1.21 bits per heavy atom. The van der Waals surface area contributed by atoms with Crippen molar-refractivity contribution in [2.45, 2.75) is 77.9 Å². The molecule has 0 amide bonds. The average Bonchev–Trinajstić information content (AvgIpc) is 2.82. The van der Waals surface area contributed by atoms with Gasteiger partial charge in [-0.25, -0.2) is 0 Å². The van der Waals surface area contributed by atoms with Crippen LogP contribution in [0.15, 0.2) is 0 Å². The Morgan fingerprint density at radius 3 is 2.68 bits per heavy atom. The van der Waals surface area contributed by atoms with Crippen LogP contribution in [-0.4, -0.2) is 35.2 Å². The summed E-state index contributed by atoms with van der Waals surface area (Å²) in [7, 11) is 0. The molecule has 2 aliphatic rings. The van der Waals surface area contributed by atoms with Crippen LogP contribution in [0, 0.1) is 17.8 Å². The molecule has 1 N–H and O–H groups in total. The minimum absolute atomic E-state index is 0.0403. The van der Waals surface area contributed by atoms with E-state index in [9.17, 15) is 5.11 Å². The van der Waals surface area contributed by atoms with Crippen LogP contribution < -0.4 is 0 Å². The lowest BCUT2D eigenvalue weighted by molar-refractivity contribution is 0.0200. The first kappa shape index (κ1) is 15.3. The van der Waals surface area contributed by atoms with Gasteiger partial charge in [-0.05, 0) is 56.4 Å². The van der Waals surface area contributed by atoms with Crippen LogP contribution in [-0.2, 0) is 0 Å². The van der Waals surface area contributed by atoms with E-state index in [-0.39, 0.29) is 6.10 Å². The van der Waals surface area contributed by atoms with E-state index in [1.165, 1.54) is 45.1 Å². The molecule has 1 heterocycles. The summed E-state index contributed by atoms with van der Waals surface area (Å²) in [5.74, 6) is 2.16. The Kier molecular flexibility index (Phi) is 5.70. The zero-order valence-corrected chi connectivity index (χ0v) is 13.1. The molecule has 2 nitrogen and oxygen atoms in total. The first-order valence-corrected chi connectivity index (χ1v) is 8.54.